The van der Waals surface area contributed by atoms with Crippen LogP contribution in [0.2, 0.25) is 0 Å². The standard InChI is InChI=1S/C40H53F3N6O11S/c1-22-11-8-9-12-24-19-39(24,34(52)48-61(54,55)38(4)15-16-38)47-31(50)27-18-25(59-35-44-26-13-10-14-28(57-6)29(26)32(46-35)58-7)20-49(27)33(51)30(23(17-22)21-56-5)45-36(53)60-37(2,3)40(41,42)43/h9-10,12-14,22-25,27,30H,8,11,15-21H2,1-7H3,(H,45,53)(H,47,50)(H,48,52)/b12-9-/t22-,23-,24?,25+,27-,30-,39+/m0/s1. The summed E-state index contributed by atoms with van der Waals surface area (Å²) in [6.45, 7) is 4.34. The zero-order valence-corrected chi connectivity index (χ0v) is 35.9. The molecule has 2 aliphatic heterocycles. The van der Waals surface area contributed by atoms with E-state index in [0.717, 1.165) is 4.90 Å². The summed E-state index contributed by atoms with van der Waals surface area (Å²) < 4.78 is 96.5. The summed E-state index contributed by atoms with van der Waals surface area (Å²) in [5.74, 6) is -3.64. The Bertz CT molecular complexity index is 2170. The highest BCUT2D eigenvalue weighted by Crippen LogP contribution is 2.48. The molecule has 336 valence electrons. The van der Waals surface area contributed by atoms with Gasteiger partial charge in [-0.15, -0.1) is 0 Å². The second kappa shape index (κ2) is 17.1. The zero-order chi connectivity index (χ0) is 44.7. The maximum atomic E-state index is 15.0. The Morgan fingerprint density at radius 2 is 1.79 bits per heavy atom. The van der Waals surface area contributed by atoms with Gasteiger partial charge in [0.2, 0.25) is 33.3 Å². The smallest absolute Gasteiger partial charge is 0.427 e. The first kappa shape index (κ1) is 45.6. The van der Waals surface area contributed by atoms with E-state index >= 15 is 0 Å². The van der Waals surface area contributed by atoms with Crippen LogP contribution in [0.15, 0.2) is 30.4 Å². The van der Waals surface area contributed by atoms with E-state index in [9.17, 15) is 40.8 Å². The zero-order valence-electron chi connectivity index (χ0n) is 35.1. The number of allylic oxidation sites excluding steroid dienone is 1. The number of rotatable bonds is 11. The first-order valence-electron chi connectivity index (χ1n) is 20.0. The molecule has 7 atom stereocenters. The number of nitrogens with zero attached hydrogens (tertiary/aromatic N) is 3. The third kappa shape index (κ3) is 9.46. The fraction of sp³-hybridized carbons (Fsp3) is 0.650. The number of methoxy groups -OCH3 is 3. The van der Waals surface area contributed by atoms with Crippen LogP contribution < -0.4 is 29.6 Å². The predicted octanol–water partition coefficient (Wildman–Crippen LogP) is 3.94. The molecule has 1 aromatic carbocycles. The van der Waals surface area contributed by atoms with Crippen LogP contribution >= 0.6 is 0 Å². The van der Waals surface area contributed by atoms with Gasteiger partial charge in [0, 0.05) is 25.4 Å². The van der Waals surface area contributed by atoms with Crippen LogP contribution in [0.4, 0.5) is 18.0 Å². The van der Waals surface area contributed by atoms with Crippen LogP contribution in [0.1, 0.15) is 72.6 Å². The maximum absolute atomic E-state index is 15.0. The van der Waals surface area contributed by atoms with Crippen molar-refractivity contribution in [2.45, 2.75) is 113 Å². The van der Waals surface area contributed by atoms with Crippen molar-refractivity contribution in [2.24, 2.45) is 17.8 Å². The molecular weight excluding hydrogens is 830 g/mol. The van der Waals surface area contributed by atoms with Gasteiger partial charge in [0.25, 0.3) is 5.91 Å². The molecule has 2 aliphatic carbocycles. The van der Waals surface area contributed by atoms with Crippen LogP contribution in [-0.4, -0.2) is 122 Å². The lowest BCUT2D eigenvalue weighted by atomic mass is 9.87. The summed E-state index contributed by atoms with van der Waals surface area (Å²) in [5.41, 5.74) is -4.24. The number of sulfonamides is 1. The second-order valence-electron chi connectivity index (χ2n) is 17.1. The highest BCUT2D eigenvalue weighted by molar-refractivity contribution is 7.91. The Hall–Kier alpha value is -4.92. The number of benzene rings is 1. The van der Waals surface area contributed by atoms with Gasteiger partial charge in [-0.05, 0) is 77.3 Å². The van der Waals surface area contributed by atoms with Crippen LogP contribution in [0.3, 0.4) is 0 Å². The fourth-order valence-corrected chi connectivity index (χ4v) is 9.17. The van der Waals surface area contributed by atoms with Crippen LogP contribution in [0, 0.1) is 17.8 Å². The van der Waals surface area contributed by atoms with Crippen LogP contribution in [0.25, 0.3) is 10.9 Å². The molecule has 2 aromatic rings. The van der Waals surface area contributed by atoms with E-state index < -0.39 is 85.9 Å². The molecule has 61 heavy (non-hydrogen) atoms. The highest BCUT2D eigenvalue weighted by atomic mass is 32.2. The van der Waals surface area contributed by atoms with Gasteiger partial charge in [0.1, 0.15) is 34.9 Å². The van der Waals surface area contributed by atoms with Gasteiger partial charge in [-0.1, -0.05) is 25.1 Å². The van der Waals surface area contributed by atoms with Crippen molar-refractivity contribution in [2.75, 3.05) is 34.5 Å². The molecule has 1 unspecified atom stereocenters. The largest absolute Gasteiger partial charge is 0.496 e. The summed E-state index contributed by atoms with van der Waals surface area (Å²) >= 11 is 0. The topological polar surface area (TPSA) is 214 Å². The molecule has 3 fully saturated rings. The number of hydrogen-bond acceptors (Lipinski definition) is 13. The molecule has 0 bridgehead atoms. The van der Waals surface area contributed by atoms with Crippen molar-refractivity contribution in [1.29, 1.82) is 0 Å². The van der Waals surface area contributed by atoms with Crippen molar-refractivity contribution >= 4 is 44.7 Å². The van der Waals surface area contributed by atoms with E-state index in [1.54, 1.807) is 24.3 Å². The summed E-state index contributed by atoms with van der Waals surface area (Å²) in [6, 6.07) is 1.89. The third-order valence-electron chi connectivity index (χ3n) is 12.1. The molecule has 3 heterocycles. The Labute approximate surface area is 351 Å². The van der Waals surface area contributed by atoms with E-state index in [4.69, 9.17) is 23.7 Å². The predicted molar refractivity (Wildman–Crippen MR) is 212 cm³/mol. The maximum Gasteiger partial charge on any atom is 0.427 e. The Morgan fingerprint density at radius 1 is 1.07 bits per heavy atom. The molecule has 21 heteroatoms. The molecule has 4 aliphatic rings. The molecule has 1 aromatic heterocycles. The van der Waals surface area contributed by atoms with E-state index in [-0.39, 0.29) is 50.2 Å². The lowest BCUT2D eigenvalue weighted by Crippen LogP contribution is -2.60. The van der Waals surface area contributed by atoms with E-state index in [2.05, 4.69) is 25.3 Å². The normalized spacial score (nSPS) is 28.5. The number of carbonyl (C=O) groups is 4. The number of ether oxygens (including phenoxy) is 5. The molecule has 2 saturated carbocycles. The lowest BCUT2D eigenvalue weighted by Gasteiger charge is -2.35. The number of halogens is 3. The number of hydrogen-bond donors (Lipinski definition) is 3. The van der Waals surface area contributed by atoms with Gasteiger partial charge >= 0.3 is 18.3 Å². The molecular formula is C40H53F3N6O11S. The number of carbonyl (C=O) groups excluding carboxylic acids is 4. The molecule has 1 saturated heterocycles. The average Bonchev–Trinajstić information content (AvgIpc) is 4.07. The Kier molecular flexibility index (Phi) is 12.8. The number of nitrogens with one attached hydrogen (secondary N) is 3. The Balaban J connectivity index is 1.39. The van der Waals surface area contributed by atoms with Crippen LogP contribution in [-0.2, 0) is 33.9 Å². The Morgan fingerprint density at radius 3 is 2.43 bits per heavy atom. The number of alkyl halides is 3. The van der Waals surface area contributed by atoms with Crippen molar-refractivity contribution in [3.8, 4) is 17.6 Å². The van der Waals surface area contributed by atoms with Gasteiger partial charge < -0.3 is 39.2 Å². The molecule has 17 nitrogen and oxygen atoms in total. The van der Waals surface area contributed by atoms with E-state index in [1.807, 2.05) is 13.0 Å². The third-order valence-corrected chi connectivity index (χ3v) is 14.2. The average molecular weight is 883 g/mol. The minimum Gasteiger partial charge on any atom is -0.496 e. The van der Waals surface area contributed by atoms with E-state index in [0.29, 0.717) is 56.2 Å². The molecule has 6 rings (SSSR count). The fourth-order valence-electron chi connectivity index (χ4n) is 7.86. The summed E-state index contributed by atoms with van der Waals surface area (Å²) in [7, 11) is 0.122. The van der Waals surface area contributed by atoms with Gasteiger partial charge in [-0.2, -0.15) is 23.1 Å². The summed E-state index contributed by atoms with van der Waals surface area (Å²) in [4.78, 5) is 66.8. The monoisotopic (exact) mass is 882 g/mol. The number of aromatic nitrogens is 2. The van der Waals surface area contributed by atoms with Crippen molar-refractivity contribution in [1.82, 2.24) is 30.2 Å². The van der Waals surface area contributed by atoms with Crippen LogP contribution in [0.5, 0.6) is 17.6 Å². The van der Waals surface area contributed by atoms with Crippen molar-refractivity contribution in [3.63, 3.8) is 0 Å². The quantitative estimate of drug-likeness (QED) is 0.273. The minimum absolute atomic E-state index is 0.0680. The first-order chi connectivity index (χ1) is 28.6. The molecule has 3 N–H and O–H groups in total. The minimum atomic E-state index is -4.95. The first-order valence-corrected chi connectivity index (χ1v) is 21.5. The van der Waals surface area contributed by atoms with Crippen molar-refractivity contribution < 1.29 is 64.5 Å². The van der Waals surface area contributed by atoms with Gasteiger partial charge in [0.15, 0.2) is 0 Å². The number of alkyl carbamates (subject to hydrolysis) is 1. The lowest BCUT2D eigenvalue weighted by molar-refractivity contribution is -0.244. The van der Waals surface area contributed by atoms with E-state index in [1.165, 1.54) is 28.3 Å². The summed E-state index contributed by atoms with van der Waals surface area (Å²) in [5, 5.41) is 5.59. The number of amides is 4. The molecule has 4 amide bonds. The highest BCUT2D eigenvalue weighted by Gasteiger charge is 2.63. The molecule has 0 radical (unpaired) electrons. The number of fused-ring (bicyclic) bond motifs is 3. The SMILES string of the molecule is COC[C@@H]1C[C@@H](C)CC/C=C\C2C[C@@]2(C(=O)NS(=O)(=O)C2(C)CC2)NC(=O)[C@@H]2C[C@@H](Oc3nc(OC)c4c(OC)cccc4n3)CN2C(=O)[C@H]1NC(=O)OC(C)(C)C(F)(F)F. The van der Waals surface area contributed by atoms with Gasteiger partial charge in [-0.25, -0.2) is 13.2 Å². The van der Waals surface area contributed by atoms with Crippen molar-refractivity contribution in [3.05, 3.63) is 30.4 Å². The molecule has 0 spiro atoms. The van der Waals surface area contributed by atoms with Gasteiger partial charge in [-0.3, -0.25) is 19.1 Å². The summed E-state index contributed by atoms with van der Waals surface area (Å²) in [6.07, 6.45) is -2.01. The van der Waals surface area contributed by atoms with Gasteiger partial charge in [0.05, 0.1) is 37.6 Å². The second-order valence-corrected chi connectivity index (χ2v) is 19.3.